The van der Waals surface area contributed by atoms with Gasteiger partial charge in [-0.15, -0.1) is 0 Å². The Morgan fingerprint density at radius 2 is 1.72 bits per heavy atom. The monoisotopic (exact) mass is 389 g/mol. The highest BCUT2D eigenvalue weighted by Crippen LogP contribution is 2.32. The van der Waals surface area contributed by atoms with E-state index in [0.717, 1.165) is 25.0 Å². The zero-order valence-electron chi connectivity index (χ0n) is 13.4. The number of hydrogen-bond donors (Lipinski definition) is 0. The van der Waals surface area contributed by atoms with Gasteiger partial charge in [0.25, 0.3) is 0 Å². The number of nitrogens with zero attached hydrogens (tertiary/aromatic N) is 1. The Morgan fingerprint density at radius 1 is 1.08 bits per heavy atom. The standard InChI is InChI=1S/C17H18F3NO2S2/c18-17(19,20)16-3-1-13(2-4-16)12-25(22,23)21-8-5-14(6-9-21)15-7-10-24-11-15/h1-4,7,10-11,14H,5-6,8-9,12H2. The average Bonchev–Trinajstić information content (AvgIpc) is 3.09. The highest BCUT2D eigenvalue weighted by Gasteiger charge is 2.31. The van der Waals surface area contributed by atoms with Crippen molar-refractivity contribution in [3.63, 3.8) is 0 Å². The van der Waals surface area contributed by atoms with E-state index in [9.17, 15) is 21.6 Å². The maximum absolute atomic E-state index is 12.6. The minimum Gasteiger partial charge on any atom is -0.212 e. The summed E-state index contributed by atoms with van der Waals surface area (Å²) >= 11 is 1.63. The van der Waals surface area contributed by atoms with Crippen LogP contribution in [0.15, 0.2) is 41.1 Å². The molecule has 0 amide bonds. The van der Waals surface area contributed by atoms with Gasteiger partial charge in [-0.3, -0.25) is 0 Å². The summed E-state index contributed by atoms with van der Waals surface area (Å²) in [7, 11) is -3.52. The lowest BCUT2D eigenvalue weighted by Gasteiger charge is -2.31. The van der Waals surface area contributed by atoms with E-state index in [4.69, 9.17) is 0 Å². The molecule has 0 N–H and O–H groups in total. The second-order valence-corrected chi connectivity index (χ2v) is 8.93. The molecule has 3 nitrogen and oxygen atoms in total. The maximum atomic E-state index is 12.6. The summed E-state index contributed by atoms with van der Waals surface area (Å²) in [5.74, 6) is 0.109. The molecule has 1 saturated heterocycles. The summed E-state index contributed by atoms with van der Waals surface area (Å²) in [5, 5.41) is 4.11. The molecule has 0 aliphatic carbocycles. The SMILES string of the molecule is O=S(=O)(Cc1ccc(C(F)(F)F)cc1)N1CCC(c2ccsc2)CC1. The fourth-order valence-electron chi connectivity index (χ4n) is 3.07. The number of piperidine rings is 1. The Labute approximate surface area is 149 Å². The number of rotatable bonds is 4. The number of halogens is 3. The van der Waals surface area contributed by atoms with E-state index in [1.165, 1.54) is 22.0 Å². The van der Waals surface area contributed by atoms with Crippen LogP contribution < -0.4 is 0 Å². The zero-order valence-corrected chi connectivity index (χ0v) is 15.0. The van der Waals surface area contributed by atoms with Crippen molar-refractivity contribution < 1.29 is 21.6 Å². The molecule has 0 atom stereocenters. The molecule has 3 rings (SSSR count). The van der Waals surface area contributed by atoms with Crippen molar-refractivity contribution in [1.29, 1.82) is 0 Å². The van der Waals surface area contributed by atoms with E-state index >= 15 is 0 Å². The molecule has 8 heteroatoms. The molecule has 25 heavy (non-hydrogen) atoms. The molecular formula is C17H18F3NO2S2. The Balaban J connectivity index is 1.63. The molecule has 1 aliphatic heterocycles. The van der Waals surface area contributed by atoms with Gasteiger partial charge in [-0.05, 0) is 58.8 Å². The number of thiophene rings is 1. The Kier molecular flexibility index (Phi) is 5.22. The quantitative estimate of drug-likeness (QED) is 0.773. The van der Waals surface area contributed by atoms with Crippen LogP contribution in [0, 0.1) is 0 Å². The summed E-state index contributed by atoms with van der Waals surface area (Å²) in [4.78, 5) is 0. The van der Waals surface area contributed by atoms with E-state index in [-0.39, 0.29) is 5.75 Å². The first-order valence-corrected chi connectivity index (χ1v) is 10.5. The fraction of sp³-hybridized carbons (Fsp3) is 0.412. The number of benzene rings is 1. The largest absolute Gasteiger partial charge is 0.416 e. The first-order valence-electron chi connectivity index (χ1n) is 7.92. The van der Waals surface area contributed by atoms with Crippen molar-refractivity contribution in [3.8, 4) is 0 Å². The lowest BCUT2D eigenvalue weighted by Crippen LogP contribution is -2.38. The molecule has 0 unspecified atom stereocenters. The second-order valence-electron chi connectivity index (χ2n) is 6.18. The van der Waals surface area contributed by atoms with Gasteiger partial charge in [0.05, 0.1) is 11.3 Å². The third kappa shape index (κ3) is 4.43. The van der Waals surface area contributed by atoms with Crippen molar-refractivity contribution in [2.24, 2.45) is 0 Å². The number of hydrogen-bond acceptors (Lipinski definition) is 3. The van der Waals surface area contributed by atoms with Gasteiger partial charge >= 0.3 is 6.18 Å². The van der Waals surface area contributed by atoms with E-state index in [1.54, 1.807) is 11.3 Å². The van der Waals surface area contributed by atoms with Gasteiger partial charge in [-0.25, -0.2) is 12.7 Å². The molecule has 136 valence electrons. The molecule has 2 aromatic rings. The minimum absolute atomic E-state index is 0.270. The lowest BCUT2D eigenvalue weighted by molar-refractivity contribution is -0.137. The van der Waals surface area contributed by atoms with Crippen LogP contribution in [0.2, 0.25) is 0 Å². The van der Waals surface area contributed by atoms with Gasteiger partial charge in [0, 0.05) is 13.1 Å². The van der Waals surface area contributed by atoms with Crippen molar-refractivity contribution in [3.05, 3.63) is 57.8 Å². The van der Waals surface area contributed by atoms with Gasteiger partial charge < -0.3 is 0 Å². The van der Waals surface area contributed by atoms with Gasteiger partial charge in [-0.2, -0.15) is 24.5 Å². The third-order valence-electron chi connectivity index (χ3n) is 4.49. The van der Waals surface area contributed by atoms with Crippen molar-refractivity contribution in [2.75, 3.05) is 13.1 Å². The van der Waals surface area contributed by atoms with E-state index in [1.807, 2.05) is 5.38 Å². The Hall–Kier alpha value is -1.38. The van der Waals surface area contributed by atoms with E-state index < -0.39 is 21.8 Å². The van der Waals surface area contributed by atoms with Crippen LogP contribution in [0.3, 0.4) is 0 Å². The normalized spacial score (nSPS) is 17.7. The first kappa shape index (κ1) is 18.4. The molecule has 0 bridgehead atoms. The number of alkyl halides is 3. The third-order valence-corrected chi connectivity index (χ3v) is 7.04. The molecule has 1 aromatic carbocycles. The van der Waals surface area contributed by atoms with Gasteiger partial charge in [0.15, 0.2) is 0 Å². The molecule has 1 fully saturated rings. The van der Waals surface area contributed by atoms with Crippen molar-refractivity contribution in [2.45, 2.75) is 30.7 Å². The van der Waals surface area contributed by atoms with Crippen LogP contribution in [0.4, 0.5) is 13.2 Å². The minimum atomic E-state index is -4.42. The molecule has 1 aromatic heterocycles. The highest BCUT2D eigenvalue weighted by molar-refractivity contribution is 7.88. The summed E-state index contributed by atoms with van der Waals surface area (Å²) in [6.07, 6.45) is -2.88. The maximum Gasteiger partial charge on any atom is 0.416 e. The molecular weight excluding hydrogens is 371 g/mol. The van der Waals surface area contributed by atoms with E-state index in [0.29, 0.717) is 24.6 Å². The van der Waals surface area contributed by atoms with Crippen LogP contribution >= 0.6 is 11.3 Å². The Morgan fingerprint density at radius 3 is 2.24 bits per heavy atom. The van der Waals surface area contributed by atoms with Crippen LogP contribution in [-0.4, -0.2) is 25.8 Å². The summed E-state index contributed by atoms with van der Waals surface area (Å²) in [6.45, 7) is 0.896. The molecule has 0 saturated carbocycles. The van der Waals surface area contributed by atoms with Gasteiger partial charge in [-0.1, -0.05) is 12.1 Å². The number of sulfonamides is 1. The first-order chi connectivity index (χ1) is 11.8. The smallest absolute Gasteiger partial charge is 0.212 e. The average molecular weight is 389 g/mol. The highest BCUT2D eigenvalue weighted by atomic mass is 32.2. The predicted octanol–water partition coefficient (Wildman–Crippen LogP) is 4.48. The van der Waals surface area contributed by atoms with Crippen LogP contribution in [0.1, 0.15) is 35.4 Å². The van der Waals surface area contributed by atoms with E-state index in [2.05, 4.69) is 11.4 Å². The predicted molar refractivity (Wildman–Crippen MR) is 91.9 cm³/mol. The molecule has 0 radical (unpaired) electrons. The van der Waals surface area contributed by atoms with Gasteiger partial charge in [0.2, 0.25) is 10.0 Å². The van der Waals surface area contributed by atoms with Crippen LogP contribution in [0.5, 0.6) is 0 Å². The van der Waals surface area contributed by atoms with Crippen molar-refractivity contribution >= 4 is 21.4 Å². The summed E-state index contributed by atoms with van der Waals surface area (Å²) in [5.41, 5.74) is 0.850. The summed E-state index contributed by atoms with van der Waals surface area (Å²) < 4.78 is 64.3. The van der Waals surface area contributed by atoms with Crippen LogP contribution in [0.25, 0.3) is 0 Å². The molecule has 0 spiro atoms. The van der Waals surface area contributed by atoms with Crippen LogP contribution in [-0.2, 0) is 22.0 Å². The molecule has 2 heterocycles. The topological polar surface area (TPSA) is 37.4 Å². The second kappa shape index (κ2) is 7.09. The fourth-order valence-corrected chi connectivity index (χ4v) is 5.37. The Bertz CT molecular complexity index is 791. The zero-order chi connectivity index (χ0) is 18.1. The van der Waals surface area contributed by atoms with Crippen molar-refractivity contribution in [1.82, 2.24) is 4.31 Å². The summed E-state index contributed by atoms with van der Waals surface area (Å²) in [6, 6.07) is 6.39. The lowest BCUT2D eigenvalue weighted by atomic mass is 9.92. The van der Waals surface area contributed by atoms with Gasteiger partial charge in [0.1, 0.15) is 0 Å². The molecule has 1 aliphatic rings.